The van der Waals surface area contributed by atoms with E-state index in [-0.39, 0.29) is 16.6 Å². The van der Waals surface area contributed by atoms with Crippen molar-refractivity contribution in [1.29, 1.82) is 0 Å². The van der Waals surface area contributed by atoms with Crippen molar-refractivity contribution in [2.24, 2.45) is 4.99 Å². The second-order valence-corrected chi connectivity index (χ2v) is 8.58. The lowest BCUT2D eigenvalue weighted by molar-refractivity contribution is -0.141. The summed E-state index contributed by atoms with van der Waals surface area (Å²) in [5.41, 5.74) is 0.923. The van der Waals surface area contributed by atoms with Crippen molar-refractivity contribution < 1.29 is 15.0 Å². The van der Waals surface area contributed by atoms with Gasteiger partial charge in [0.1, 0.15) is 5.75 Å². The van der Waals surface area contributed by atoms with E-state index >= 15 is 0 Å². The monoisotopic (exact) mass is 319 g/mol. The fraction of sp³-hybridized carbons (Fsp3) is 0.579. The molecule has 4 heteroatoms. The van der Waals surface area contributed by atoms with Crippen LogP contribution in [-0.4, -0.2) is 27.9 Å². The third kappa shape index (κ3) is 4.57. The molecule has 0 atom stereocenters. The molecule has 128 valence electrons. The number of hydrogen-bond acceptors (Lipinski definition) is 3. The van der Waals surface area contributed by atoms with Gasteiger partial charge in [0, 0.05) is 17.3 Å². The van der Waals surface area contributed by atoms with Gasteiger partial charge < -0.3 is 10.2 Å². The minimum absolute atomic E-state index is 0.0847. The largest absolute Gasteiger partial charge is 0.507 e. The van der Waals surface area contributed by atoms with Gasteiger partial charge in [0.05, 0.1) is 0 Å². The van der Waals surface area contributed by atoms with Crippen LogP contribution in [0.5, 0.6) is 5.75 Å². The first kappa shape index (κ1) is 19.2. The Labute approximate surface area is 139 Å². The number of phenols is 1. The van der Waals surface area contributed by atoms with Crippen LogP contribution in [0.25, 0.3) is 0 Å². The zero-order chi connectivity index (χ0) is 18.2. The number of rotatable bonds is 3. The van der Waals surface area contributed by atoms with Gasteiger partial charge >= 0.3 is 5.97 Å². The first-order valence-corrected chi connectivity index (χ1v) is 7.83. The Bertz CT molecular complexity index is 629. The molecule has 1 aromatic rings. The van der Waals surface area contributed by atoms with E-state index in [1.165, 1.54) is 20.1 Å². The van der Waals surface area contributed by atoms with Gasteiger partial charge in [-0.15, -0.1) is 0 Å². The molecule has 0 aliphatic carbocycles. The number of aliphatic imine (C=N–C) groups is 1. The highest BCUT2D eigenvalue weighted by Gasteiger charge is 2.27. The summed E-state index contributed by atoms with van der Waals surface area (Å²) >= 11 is 0. The molecule has 0 saturated heterocycles. The quantitative estimate of drug-likeness (QED) is 0.817. The van der Waals surface area contributed by atoms with Crippen LogP contribution in [0.4, 0.5) is 0 Å². The molecule has 0 spiro atoms. The van der Waals surface area contributed by atoms with Gasteiger partial charge in [-0.25, -0.2) is 4.79 Å². The van der Waals surface area contributed by atoms with Gasteiger partial charge in [-0.2, -0.15) is 0 Å². The second-order valence-electron chi connectivity index (χ2n) is 8.58. The minimum Gasteiger partial charge on any atom is -0.507 e. The van der Waals surface area contributed by atoms with Gasteiger partial charge in [0.15, 0.2) is 5.54 Å². The fourth-order valence-corrected chi connectivity index (χ4v) is 2.05. The summed E-state index contributed by atoms with van der Waals surface area (Å²) in [4.78, 5) is 15.4. The lowest BCUT2D eigenvalue weighted by atomic mass is 9.79. The SMILES string of the molecule is CC(C)(/N=C/c1cc(C(C)(C)C)cc(C(C)(C)C)c1O)C(=O)O. The molecule has 0 bridgehead atoms. The Morgan fingerprint density at radius 3 is 1.91 bits per heavy atom. The van der Waals surface area contributed by atoms with Crippen LogP contribution in [0.15, 0.2) is 17.1 Å². The van der Waals surface area contributed by atoms with Gasteiger partial charge in [-0.3, -0.25) is 4.99 Å². The molecular weight excluding hydrogens is 290 g/mol. The summed E-state index contributed by atoms with van der Waals surface area (Å²) in [6.07, 6.45) is 1.47. The number of phenolic OH excluding ortho intramolecular Hbond substituents is 1. The molecule has 0 aliphatic rings. The fourth-order valence-electron chi connectivity index (χ4n) is 2.05. The van der Waals surface area contributed by atoms with Gasteiger partial charge in [0.25, 0.3) is 0 Å². The van der Waals surface area contributed by atoms with Gasteiger partial charge in [-0.1, -0.05) is 47.6 Å². The Balaban J connectivity index is 3.54. The number of hydrogen-bond donors (Lipinski definition) is 2. The smallest absolute Gasteiger partial charge is 0.330 e. The second kappa shape index (κ2) is 5.99. The van der Waals surface area contributed by atoms with Crippen LogP contribution < -0.4 is 0 Å². The predicted octanol–water partition coefficient (Wildman–Crippen LogP) is 4.27. The average Bonchev–Trinajstić information content (AvgIpc) is 2.34. The maximum absolute atomic E-state index is 11.2. The summed E-state index contributed by atoms with van der Waals surface area (Å²) in [6, 6.07) is 3.90. The summed E-state index contributed by atoms with van der Waals surface area (Å²) in [5.74, 6) is -0.841. The zero-order valence-corrected chi connectivity index (χ0v) is 15.5. The molecule has 0 aromatic heterocycles. The van der Waals surface area contributed by atoms with Crippen LogP contribution in [0.1, 0.15) is 72.1 Å². The lowest BCUT2D eigenvalue weighted by Crippen LogP contribution is -2.29. The van der Waals surface area contributed by atoms with Crippen molar-refractivity contribution in [3.63, 3.8) is 0 Å². The van der Waals surface area contributed by atoms with Gasteiger partial charge in [-0.05, 0) is 36.3 Å². The Kier molecular flexibility index (Phi) is 5.00. The molecule has 0 unspecified atom stereocenters. The molecule has 0 radical (unpaired) electrons. The number of carboxylic acid groups (broad SMARTS) is 1. The van der Waals surface area contributed by atoms with Crippen LogP contribution >= 0.6 is 0 Å². The normalized spacial score (nSPS) is 13.6. The van der Waals surface area contributed by atoms with Crippen LogP contribution in [0.2, 0.25) is 0 Å². The zero-order valence-electron chi connectivity index (χ0n) is 15.5. The van der Waals surface area contributed by atoms with E-state index < -0.39 is 11.5 Å². The van der Waals surface area contributed by atoms with Crippen LogP contribution in [0.3, 0.4) is 0 Å². The summed E-state index contributed by atoms with van der Waals surface area (Å²) in [7, 11) is 0. The number of benzene rings is 1. The number of nitrogens with zero attached hydrogens (tertiary/aromatic N) is 1. The standard InChI is InChI=1S/C19H29NO3/c1-17(2,3)13-9-12(11-20-19(7,8)16(22)23)15(21)14(10-13)18(4,5)6/h9-11,21H,1-8H3,(H,22,23)/b20-11+. The average molecular weight is 319 g/mol. The molecule has 4 nitrogen and oxygen atoms in total. The molecule has 2 N–H and O–H groups in total. The molecule has 0 amide bonds. The van der Waals surface area contributed by atoms with Crippen molar-refractivity contribution >= 4 is 12.2 Å². The third-order valence-electron chi connectivity index (χ3n) is 3.86. The highest BCUT2D eigenvalue weighted by Crippen LogP contribution is 2.37. The van der Waals surface area contributed by atoms with Crippen molar-refractivity contribution in [3.8, 4) is 5.75 Å². The van der Waals surface area contributed by atoms with Crippen LogP contribution in [0, 0.1) is 0 Å². The Morgan fingerprint density at radius 2 is 1.52 bits per heavy atom. The van der Waals surface area contributed by atoms with E-state index in [4.69, 9.17) is 0 Å². The van der Waals surface area contributed by atoms with Crippen molar-refractivity contribution in [2.45, 2.75) is 71.8 Å². The number of carboxylic acids is 1. The van der Waals surface area contributed by atoms with Gasteiger partial charge in [0.2, 0.25) is 0 Å². The van der Waals surface area contributed by atoms with Crippen LogP contribution in [-0.2, 0) is 15.6 Å². The van der Waals surface area contributed by atoms with Crippen molar-refractivity contribution in [1.82, 2.24) is 0 Å². The summed E-state index contributed by atoms with van der Waals surface area (Å²) in [6.45, 7) is 15.5. The van der Waals surface area contributed by atoms with Crippen molar-refractivity contribution in [3.05, 3.63) is 28.8 Å². The highest BCUT2D eigenvalue weighted by atomic mass is 16.4. The summed E-state index contributed by atoms with van der Waals surface area (Å²) < 4.78 is 0. The molecule has 23 heavy (non-hydrogen) atoms. The topological polar surface area (TPSA) is 69.9 Å². The molecule has 0 saturated carbocycles. The minimum atomic E-state index is -1.23. The summed E-state index contributed by atoms with van der Waals surface area (Å²) in [5, 5.41) is 19.8. The first-order chi connectivity index (χ1) is 10.2. The first-order valence-electron chi connectivity index (χ1n) is 7.83. The lowest BCUT2D eigenvalue weighted by Gasteiger charge is -2.27. The molecular formula is C19H29NO3. The molecule has 0 aliphatic heterocycles. The van der Waals surface area contributed by atoms with E-state index in [2.05, 4.69) is 25.8 Å². The molecule has 1 aromatic carbocycles. The highest BCUT2D eigenvalue weighted by molar-refractivity contribution is 5.88. The number of aromatic hydroxyl groups is 1. The van der Waals surface area contributed by atoms with E-state index in [0.29, 0.717) is 5.56 Å². The molecule has 1 rings (SSSR count). The number of carbonyl (C=O) groups is 1. The Hall–Kier alpha value is -1.84. The maximum Gasteiger partial charge on any atom is 0.330 e. The molecule has 0 heterocycles. The van der Waals surface area contributed by atoms with E-state index in [1.54, 1.807) is 0 Å². The number of aliphatic carboxylic acids is 1. The van der Waals surface area contributed by atoms with E-state index in [0.717, 1.165) is 11.1 Å². The third-order valence-corrected chi connectivity index (χ3v) is 3.86. The molecule has 0 fully saturated rings. The van der Waals surface area contributed by atoms with Crippen molar-refractivity contribution in [2.75, 3.05) is 0 Å². The predicted molar refractivity (Wildman–Crippen MR) is 94.8 cm³/mol. The Morgan fingerprint density at radius 1 is 1.00 bits per heavy atom. The maximum atomic E-state index is 11.2. The van der Waals surface area contributed by atoms with E-state index in [9.17, 15) is 15.0 Å². The van der Waals surface area contributed by atoms with E-state index in [1.807, 2.05) is 32.9 Å².